The van der Waals surface area contributed by atoms with Crippen molar-refractivity contribution in [1.82, 2.24) is 31.9 Å². The lowest BCUT2D eigenvalue weighted by Crippen LogP contribution is -2.59. The normalized spacial score (nSPS) is 16.1. The van der Waals surface area contributed by atoms with Crippen molar-refractivity contribution in [3.8, 4) is 0 Å². The Balaban J connectivity index is 5.81. The number of aliphatic carboxylic acids is 1. The van der Waals surface area contributed by atoms with Crippen LogP contribution in [-0.4, -0.2) is 95.9 Å². The topological polar surface area (TPSA) is 264 Å². The highest BCUT2D eigenvalue weighted by atomic mass is 16.4. The minimum absolute atomic E-state index is 0.0475. The van der Waals surface area contributed by atoms with Gasteiger partial charge < -0.3 is 48.5 Å². The van der Waals surface area contributed by atoms with Gasteiger partial charge >= 0.3 is 5.97 Å². The maximum absolute atomic E-state index is 13.5. The average molecular weight is 713 g/mol. The van der Waals surface area contributed by atoms with E-state index in [9.17, 15) is 38.7 Å². The van der Waals surface area contributed by atoms with Crippen molar-refractivity contribution in [3.05, 3.63) is 0 Å². The summed E-state index contributed by atoms with van der Waals surface area (Å²) in [6, 6.07) is -6.10. The van der Waals surface area contributed by atoms with Gasteiger partial charge in [-0.2, -0.15) is 0 Å². The largest absolute Gasteiger partial charge is 0.480 e. The molecule has 0 aromatic heterocycles. The van der Waals surface area contributed by atoms with Gasteiger partial charge in [0.25, 0.3) is 0 Å². The first-order valence-electron chi connectivity index (χ1n) is 17.8. The van der Waals surface area contributed by atoms with Gasteiger partial charge in [-0.3, -0.25) is 28.8 Å². The first kappa shape index (κ1) is 46.2. The molecule has 0 bridgehead atoms. The second kappa shape index (κ2) is 23.6. The van der Waals surface area contributed by atoms with Gasteiger partial charge in [0.2, 0.25) is 35.4 Å². The van der Waals surface area contributed by atoms with Crippen LogP contribution in [0, 0.1) is 23.7 Å². The van der Waals surface area contributed by atoms with Crippen LogP contribution < -0.4 is 43.4 Å². The van der Waals surface area contributed by atoms with Gasteiger partial charge in [0, 0.05) is 0 Å². The van der Waals surface area contributed by atoms with E-state index in [4.69, 9.17) is 11.5 Å². The van der Waals surface area contributed by atoms with E-state index in [1.54, 1.807) is 27.7 Å². The molecule has 0 radical (unpaired) electrons. The monoisotopic (exact) mass is 712 g/mol. The Morgan fingerprint density at radius 3 is 1.58 bits per heavy atom. The molecular formula is C34H64N8O8. The summed E-state index contributed by atoms with van der Waals surface area (Å²) in [5, 5.41) is 25.3. The lowest BCUT2D eigenvalue weighted by molar-refractivity contribution is -0.143. The number of amides is 6. The molecule has 0 rings (SSSR count). The third-order valence-electron chi connectivity index (χ3n) is 8.59. The maximum Gasteiger partial charge on any atom is 0.326 e. The van der Waals surface area contributed by atoms with Crippen LogP contribution in [0.5, 0.6) is 0 Å². The molecule has 0 saturated carbocycles. The van der Waals surface area contributed by atoms with Crippen LogP contribution in [-0.2, 0) is 33.6 Å². The molecule has 288 valence electrons. The van der Waals surface area contributed by atoms with E-state index < -0.39 is 90.1 Å². The van der Waals surface area contributed by atoms with Crippen LogP contribution >= 0.6 is 0 Å². The maximum atomic E-state index is 13.5. The summed E-state index contributed by atoms with van der Waals surface area (Å²) in [6.45, 7) is 15.6. The smallest absolute Gasteiger partial charge is 0.326 e. The fraction of sp³-hybridized carbons (Fsp3) is 0.794. The highest BCUT2D eigenvalue weighted by Crippen LogP contribution is 2.13. The summed E-state index contributed by atoms with van der Waals surface area (Å²) >= 11 is 0. The summed E-state index contributed by atoms with van der Waals surface area (Å²) in [5.74, 6) is -5.91. The first-order valence-corrected chi connectivity index (χ1v) is 17.8. The molecule has 0 aromatic carbocycles. The Bertz CT molecular complexity index is 1130. The first-order chi connectivity index (χ1) is 23.3. The highest BCUT2D eigenvalue weighted by Gasteiger charge is 2.34. The molecule has 0 aliphatic carbocycles. The lowest BCUT2D eigenvalue weighted by atomic mass is 9.94. The molecule has 0 saturated heterocycles. The number of carboxylic acids is 1. The van der Waals surface area contributed by atoms with Crippen LogP contribution in [0.3, 0.4) is 0 Å². The summed E-state index contributed by atoms with van der Waals surface area (Å²) in [4.78, 5) is 90.2. The quantitative estimate of drug-likeness (QED) is 0.0599. The van der Waals surface area contributed by atoms with Gasteiger partial charge in [-0.15, -0.1) is 0 Å². The van der Waals surface area contributed by atoms with Gasteiger partial charge in [-0.25, -0.2) is 4.79 Å². The van der Waals surface area contributed by atoms with Crippen LogP contribution in [0.15, 0.2) is 0 Å². The molecule has 0 heterocycles. The molecule has 0 aliphatic rings. The number of rotatable bonds is 24. The molecule has 0 fully saturated rings. The van der Waals surface area contributed by atoms with Gasteiger partial charge in [0.05, 0.1) is 12.6 Å². The molecule has 0 unspecified atom stereocenters. The second-order valence-electron chi connectivity index (χ2n) is 13.9. The molecule has 50 heavy (non-hydrogen) atoms. The van der Waals surface area contributed by atoms with Gasteiger partial charge in [-0.1, -0.05) is 68.2 Å². The third kappa shape index (κ3) is 16.7. The summed E-state index contributed by atoms with van der Waals surface area (Å²) in [7, 11) is 0. The van der Waals surface area contributed by atoms with E-state index in [-0.39, 0.29) is 30.6 Å². The zero-order valence-electron chi connectivity index (χ0n) is 31.4. The van der Waals surface area contributed by atoms with Gasteiger partial charge in [0.1, 0.15) is 30.2 Å². The number of carbonyl (C=O) groups is 7. The van der Waals surface area contributed by atoms with Crippen molar-refractivity contribution in [2.45, 2.75) is 137 Å². The Morgan fingerprint density at radius 1 is 0.620 bits per heavy atom. The fourth-order valence-corrected chi connectivity index (χ4v) is 4.96. The molecular weight excluding hydrogens is 648 g/mol. The average Bonchev–Trinajstić information content (AvgIpc) is 3.04. The predicted octanol–water partition coefficient (Wildman–Crippen LogP) is -0.118. The van der Waals surface area contributed by atoms with Crippen molar-refractivity contribution in [1.29, 1.82) is 0 Å². The van der Waals surface area contributed by atoms with E-state index in [0.717, 1.165) is 0 Å². The minimum atomic E-state index is -1.20. The minimum Gasteiger partial charge on any atom is -0.480 e. The van der Waals surface area contributed by atoms with Gasteiger partial charge in [-0.05, 0) is 62.8 Å². The zero-order valence-corrected chi connectivity index (χ0v) is 31.4. The SMILES string of the molecule is CC[C@H](C)[C@@H](NC(=O)[C@@H](C)N)C(=O)N[C@@H](C(=O)NCC(=O)N[C@H](CC(C)C)C(=O)N[C@H](CCCCN)C(=O)N[C@@H](C(=O)O)C(C)C)[C@@H](C)CC. The number of carboxylic acid groups (broad SMARTS) is 1. The van der Waals surface area contributed by atoms with Crippen molar-refractivity contribution >= 4 is 41.4 Å². The molecule has 6 amide bonds. The van der Waals surface area contributed by atoms with E-state index in [0.29, 0.717) is 32.2 Å². The Labute approximate surface area is 297 Å². The Hall–Kier alpha value is -3.79. The standard InChI is InChI=1S/C34H64N8O8/c1-10-20(7)27(42-33(48)28(21(8)11-2)41-29(44)22(9)36)32(47)37-17-25(43)38-24(16-18(3)4)31(46)39-23(14-12-13-15-35)30(45)40-26(19(5)6)34(49)50/h18-24,26-28H,10-17,35-36H2,1-9H3,(H,37,47)(H,38,43)(H,39,46)(H,40,45)(H,41,44)(H,42,48)(H,49,50)/t20-,21-,22+,23+,24+,26+,27+,28+/m0/s1. The number of nitrogens with two attached hydrogens (primary N) is 2. The van der Waals surface area contributed by atoms with Crippen LogP contribution in [0.25, 0.3) is 0 Å². The van der Waals surface area contributed by atoms with Crippen molar-refractivity contribution in [2.75, 3.05) is 13.1 Å². The Kier molecular flexibility index (Phi) is 21.8. The van der Waals surface area contributed by atoms with Crippen molar-refractivity contribution < 1.29 is 38.7 Å². The van der Waals surface area contributed by atoms with Crippen molar-refractivity contribution in [2.24, 2.45) is 35.1 Å². The fourth-order valence-electron chi connectivity index (χ4n) is 4.96. The molecule has 0 aliphatic heterocycles. The lowest BCUT2D eigenvalue weighted by Gasteiger charge is -2.29. The Morgan fingerprint density at radius 2 is 1.12 bits per heavy atom. The highest BCUT2D eigenvalue weighted by molar-refractivity contribution is 5.96. The van der Waals surface area contributed by atoms with Crippen LogP contribution in [0.1, 0.15) is 101 Å². The summed E-state index contributed by atoms with van der Waals surface area (Å²) in [6.07, 6.45) is 2.58. The van der Waals surface area contributed by atoms with Crippen LogP contribution in [0.2, 0.25) is 0 Å². The zero-order chi connectivity index (χ0) is 38.7. The van der Waals surface area contributed by atoms with Crippen LogP contribution in [0.4, 0.5) is 0 Å². The molecule has 16 heteroatoms. The number of unbranched alkanes of at least 4 members (excludes halogenated alkanes) is 1. The molecule has 0 spiro atoms. The molecule has 11 N–H and O–H groups in total. The number of hydrogen-bond acceptors (Lipinski definition) is 9. The number of nitrogens with one attached hydrogen (secondary N) is 6. The van der Waals surface area contributed by atoms with Gasteiger partial charge in [0.15, 0.2) is 0 Å². The van der Waals surface area contributed by atoms with Crippen molar-refractivity contribution in [3.63, 3.8) is 0 Å². The number of carbonyl (C=O) groups excluding carboxylic acids is 6. The third-order valence-corrected chi connectivity index (χ3v) is 8.59. The van der Waals surface area contributed by atoms with E-state index in [1.165, 1.54) is 6.92 Å². The number of hydrogen-bond donors (Lipinski definition) is 9. The summed E-state index contributed by atoms with van der Waals surface area (Å²) in [5.41, 5.74) is 11.3. The molecule has 8 atom stereocenters. The predicted molar refractivity (Wildman–Crippen MR) is 190 cm³/mol. The summed E-state index contributed by atoms with van der Waals surface area (Å²) < 4.78 is 0. The van der Waals surface area contributed by atoms with E-state index in [2.05, 4.69) is 31.9 Å². The second-order valence-corrected chi connectivity index (χ2v) is 13.9. The molecule has 16 nitrogen and oxygen atoms in total. The molecule has 0 aromatic rings. The van der Waals surface area contributed by atoms with E-state index in [1.807, 2.05) is 27.7 Å². The van der Waals surface area contributed by atoms with E-state index >= 15 is 0 Å².